The van der Waals surface area contributed by atoms with Gasteiger partial charge in [0.1, 0.15) is 0 Å². The van der Waals surface area contributed by atoms with Crippen molar-refractivity contribution in [3.8, 4) is 0 Å². The quantitative estimate of drug-likeness (QED) is 0.711. The van der Waals surface area contributed by atoms with E-state index in [4.69, 9.17) is 23.2 Å². The van der Waals surface area contributed by atoms with Crippen LogP contribution >= 0.6 is 45.8 Å². The molecule has 0 aliphatic heterocycles. The van der Waals surface area contributed by atoms with Crippen LogP contribution in [0.25, 0.3) is 0 Å². The van der Waals surface area contributed by atoms with Crippen molar-refractivity contribution >= 4 is 51.7 Å². The lowest BCUT2D eigenvalue weighted by atomic mass is 10.1. The summed E-state index contributed by atoms with van der Waals surface area (Å²) in [6.07, 6.45) is -0.867. The van der Waals surface area contributed by atoms with Crippen LogP contribution in [0.2, 0.25) is 10.0 Å². The van der Waals surface area contributed by atoms with Crippen LogP contribution in [0.3, 0.4) is 0 Å². The minimum Gasteiger partial charge on any atom is -0.387 e. The minimum absolute atomic E-state index is 0.0848. The third-order valence-electron chi connectivity index (χ3n) is 2.83. The Balaban J connectivity index is 1.98. The van der Waals surface area contributed by atoms with E-state index in [0.29, 0.717) is 21.2 Å². The number of carbonyl (C=O) groups is 1. The molecule has 2 aromatic rings. The van der Waals surface area contributed by atoms with E-state index in [0.717, 1.165) is 3.57 Å². The van der Waals surface area contributed by atoms with Gasteiger partial charge in [-0.25, -0.2) is 0 Å². The zero-order valence-electron chi connectivity index (χ0n) is 10.8. The van der Waals surface area contributed by atoms with Gasteiger partial charge in [-0.15, -0.1) is 0 Å². The van der Waals surface area contributed by atoms with Gasteiger partial charge in [0.05, 0.1) is 6.10 Å². The first-order valence-corrected chi connectivity index (χ1v) is 7.97. The van der Waals surface area contributed by atoms with Crippen molar-refractivity contribution in [2.24, 2.45) is 0 Å². The Labute approximate surface area is 146 Å². The van der Waals surface area contributed by atoms with Crippen molar-refractivity contribution in [1.29, 1.82) is 0 Å². The summed E-state index contributed by atoms with van der Waals surface area (Å²) >= 11 is 13.9. The molecule has 0 aliphatic carbocycles. The van der Waals surface area contributed by atoms with E-state index in [-0.39, 0.29) is 12.5 Å². The van der Waals surface area contributed by atoms with Gasteiger partial charge in [-0.1, -0.05) is 23.2 Å². The van der Waals surface area contributed by atoms with Crippen LogP contribution in [-0.2, 0) is 0 Å². The topological polar surface area (TPSA) is 49.3 Å². The smallest absolute Gasteiger partial charge is 0.251 e. The standard InChI is InChI=1S/C15H12Cl2INO2/c16-11-5-10(6-12(17)7-11)14(20)8-19-15(21)9-1-3-13(18)4-2-9/h1-7,14,20H,8H2,(H,19,21). The van der Waals surface area contributed by atoms with Gasteiger partial charge in [-0.3, -0.25) is 4.79 Å². The van der Waals surface area contributed by atoms with Crippen molar-refractivity contribution in [2.75, 3.05) is 6.54 Å². The van der Waals surface area contributed by atoms with Crippen LogP contribution in [-0.4, -0.2) is 17.6 Å². The molecule has 6 heteroatoms. The lowest BCUT2D eigenvalue weighted by Crippen LogP contribution is -2.28. The van der Waals surface area contributed by atoms with Crippen LogP contribution in [0, 0.1) is 3.57 Å². The predicted molar refractivity (Wildman–Crippen MR) is 92.9 cm³/mol. The first-order valence-electron chi connectivity index (χ1n) is 6.13. The number of amides is 1. The number of rotatable bonds is 4. The average molecular weight is 436 g/mol. The van der Waals surface area contributed by atoms with Gasteiger partial charge < -0.3 is 10.4 Å². The molecule has 0 heterocycles. The van der Waals surface area contributed by atoms with Crippen LogP contribution in [0.15, 0.2) is 42.5 Å². The van der Waals surface area contributed by atoms with E-state index in [1.165, 1.54) is 0 Å². The fraction of sp³-hybridized carbons (Fsp3) is 0.133. The molecule has 0 aliphatic rings. The summed E-state index contributed by atoms with van der Waals surface area (Å²) in [6.45, 7) is 0.0848. The largest absolute Gasteiger partial charge is 0.387 e. The molecule has 2 aromatic carbocycles. The highest BCUT2D eigenvalue weighted by atomic mass is 127. The lowest BCUT2D eigenvalue weighted by molar-refractivity contribution is 0.0916. The summed E-state index contributed by atoms with van der Waals surface area (Å²) in [4.78, 5) is 11.9. The molecule has 0 saturated heterocycles. The first-order chi connectivity index (χ1) is 9.95. The van der Waals surface area contributed by atoms with Crippen molar-refractivity contribution in [3.63, 3.8) is 0 Å². The summed E-state index contributed by atoms with van der Waals surface area (Å²) in [5.74, 6) is -0.237. The van der Waals surface area contributed by atoms with Gasteiger partial charge in [0.15, 0.2) is 0 Å². The number of benzene rings is 2. The monoisotopic (exact) mass is 435 g/mol. The highest BCUT2D eigenvalue weighted by Gasteiger charge is 2.12. The molecule has 2 N–H and O–H groups in total. The Hall–Kier alpha value is -0.820. The lowest BCUT2D eigenvalue weighted by Gasteiger charge is -2.13. The molecule has 3 nitrogen and oxygen atoms in total. The summed E-state index contributed by atoms with van der Waals surface area (Å²) in [5.41, 5.74) is 1.11. The van der Waals surface area contributed by atoms with Gasteiger partial charge >= 0.3 is 0 Å². The highest BCUT2D eigenvalue weighted by molar-refractivity contribution is 14.1. The van der Waals surface area contributed by atoms with E-state index in [9.17, 15) is 9.90 Å². The first kappa shape index (κ1) is 16.5. The van der Waals surface area contributed by atoms with Crippen molar-refractivity contribution in [3.05, 3.63) is 67.2 Å². The third-order valence-corrected chi connectivity index (χ3v) is 3.99. The molecule has 1 amide bonds. The normalized spacial score (nSPS) is 12.0. The predicted octanol–water partition coefficient (Wildman–Crippen LogP) is 4.06. The molecule has 1 atom stereocenters. The van der Waals surface area contributed by atoms with E-state index in [1.54, 1.807) is 30.3 Å². The molecule has 0 saturated carbocycles. The number of hydrogen-bond acceptors (Lipinski definition) is 2. The summed E-state index contributed by atoms with van der Waals surface area (Å²) < 4.78 is 1.05. The molecule has 2 rings (SSSR count). The van der Waals surface area contributed by atoms with Gasteiger partial charge in [-0.2, -0.15) is 0 Å². The molecule has 1 unspecified atom stereocenters. The second kappa shape index (κ2) is 7.45. The fourth-order valence-corrected chi connectivity index (χ4v) is 2.68. The van der Waals surface area contributed by atoms with Crippen molar-refractivity contribution in [2.45, 2.75) is 6.10 Å². The average Bonchev–Trinajstić information content (AvgIpc) is 2.44. The molecule has 0 aromatic heterocycles. The molecule has 21 heavy (non-hydrogen) atoms. The van der Waals surface area contributed by atoms with Gasteiger partial charge in [0, 0.05) is 25.7 Å². The molecule has 110 valence electrons. The second-order valence-corrected chi connectivity index (χ2v) is 6.55. The summed E-state index contributed by atoms with van der Waals surface area (Å²) in [6, 6.07) is 12.0. The maximum Gasteiger partial charge on any atom is 0.251 e. The number of hydrogen-bond donors (Lipinski definition) is 2. The Bertz CT molecular complexity index is 626. The van der Waals surface area contributed by atoms with Gasteiger partial charge in [-0.05, 0) is 70.6 Å². The molecule has 0 bridgehead atoms. The number of aliphatic hydroxyl groups is 1. The second-order valence-electron chi connectivity index (χ2n) is 4.44. The molecule has 0 fully saturated rings. The molecular formula is C15H12Cl2INO2. The van der Waals surface area contributed by atoms with Crippen molar-refractivity contribution in [1.82, 2.24) is 5.32 Å². The number of carbonyl (C=O) groups excluding carboxylic acids is 1. The Morgan fingerprint density at radius 2 is 1.71 bits per heavy atom. The number of aliphatic hydroxyl groups excluding tert-OH is 1. The van der Waals surface area contributed by atoms with Crippen LogP contribution in [0.1, 0.15) is 22.0 Å². The van der Waals surface area contributed by atoms with Crippen molar-refractivity contribution < 1.29 is 9.90 Å². The molecule has 0 spiro atoms. The van der Waals surface area contributed by atoms with Crippen LogP contribution < -0.4 is 5.32 Å². The molecule has 0 radical (unpaired) electrons. The molecular weight excluding hydrogens is 424 g/mol. The zero-order chi connectivity index (χ0) is 15.4. The Kier molecular flexibility index (Phi) is 5.87. The SMILES string of the molecule is O=C(NCC(O)c1cc(Cl)cc(Cl)c1)c1ccc(I)cc1. The van der Waals surface area contributed by atoms with Crippen LogP contribution in [0.4, 0.5) is 0 Å². The maximum absolute atomic E-state index is 11.9. The Morgan fingerprint density at radius 1 is 1.14 bits per heavy atom. The fourth-order valence-electron chi connectivity index (χ4n) is 1.78. The Morgan fingerprint density at radius 3 is 2.29 bits per heavy atom. The van der Waals surface area contributed by atoms with Crippen LogP contribution in [0.5, 0.6) is 0 Å². The maximum atomic E-state index is 11.9. The van der Waals surface area contributed by atoms with E-state index >= 15 is 0 Å². The highest BCUT2D eigenvalue weighted by Crippen LogP contribution is 2.23. The zero-order valence-corrected chi connectivity index (χ0v) is 14.5. The van der Waals surface area contributed by atoms with Gasteiger partial charge in [0.2, 0.25) is 0 Å². The van der Waals surface area contributed by atoms with E-state index < -0.39 is 6.10 Å². The third kappa shape index (κ3) is 4.85. The van der Waals surface area contributed by atoms with E-state index in [2.05, 4.69) is 27.9 Å². The van der Waals surface area contributed by atoms with Gasteiger partial charge in [0.25, 0.3) is 5.91 Å². The number of halogens is 3. The number of nitrogens with one attached hydrogen (secondary N) is 1. The summed E-state index contributed by atoms with van der Waals surface area (Å²) in [5, 5.41) is 13.6. The summed E-state index contributed by atoms with van der Waals surface area (Å²) in [7, 11) is 0. The van der Waals surface area contributed by atoms with E-state index in [1.807, 2.05) is 12.1 Å². The minimum atomic E-state index is -0.867.